The van der Waals surface area contributed by atoms with Crippen molar-refractivity contribution in [2.45, 2.75) is 39.5 Å². The lowest BCUT2D eigenvalue weighted by atomic mass is 9.97. The number of aryl methyl sites for hydroxylation is 1. The lowest BCUT2D eigenvalue weighted by Gasteiger charge is -2.16. The van der Waals surface area contributed by atoms with Gasteiger partial charge in [-0.15, -0.1) is 0 Å². The molecule has 1 aromatic carbocycles. The minimum Gasteiger partial charge on any atom is -0.444 e. The third-order valence-electron chi connectivity index (χ3n) is 3.36. The van der Waals surface area contributed by atoms with Gasteiger partial charge in [0.15, 0.2) is 5.89 Å². The Morgan fingerprint density at radius 2 is 1.86 bits per heavy atom. The van der Waals surface area contributed by atoms with E-state index in [0.29, 0.717) is 11.7 Å². The molecule has 0 radical (unpaired) electrons. The molecule has 4 nitrogen and oxygen atoms in total. The molecule has 0 N–H and O–H groups in total. The fraction of sp³-hybridized carbons (Fsp3) is 0.412. The van der Waals surface area contributed by atoms with Gasteiger partial charge in [-0.25, -0.2) is 4.98 Å². The third-order valence-corrected chi connectivity index (χ3v) is 3.36. The smallest absolute Gasteiger partial charge is 0.234 e. The topological polar surface area (TPSA) is 46.3 Å². The molecule has 2 rings (SSSR count). The Morgan fingerprint density at radius 3 is 2.38 bits per heavy atom. The molecule has 0 aliphatic rings. The number of nitrogens with zero attached hydrogens (tertiary/aromatic N) is 2. The predicted molar refractivity (Wildman–Crippen MR) is 83.5 cm³/mol. The normalized spacial score (nSPS) is 11.5. The lowest BCUT2D eigenvalue weighted by Crippen LogP contribution is -2.27. The number of rotatable bonds is 3. The maximum Gasteiger partial charge on any atom is 0.234 e. The van der Waals surface area contributed by atoms with Crippen molar-refractivity contribution in [2.24, 2.45) is 0 Å². The van der Waals surface area contributed by atoms with E-state index in [2.05, 4.69) is 4.98 Å². The summed E-state index contributed by atoms with van der Waals surface area (Å²) in [7, 11) is 1.77. The molecule has 4 heteroatoms. The van der Waals surface area contributed by atoms with Crippen LogP contribution in [-0.4, -0.2) is 17.9 Å². The van der Waals surface area contributed by atoms with Crippen LogP contribution in [0.5, 0.6) is 0 Å². The van der Waals surface area contributed by atoms with Crippen LogP contribution in [0.15, 0.2) is 34.7 Å². The van der Waals surface area contributed by atoms with E-state index in [1.807, 2.05) is 58.0 Å². The van der Waals surface area contributed by atoms with Gasteiger partial charge in [0.25, 0.3) is 0 Å². The van der Waals surface area contributed by atoms with Crippen molar-refractivity contribution in [2.75, 3.05) is 11.9 Å². The van der Waals surface area contributed by atoms with Crippen LogP contribution in [0.25, 0.3) is 0 Å². The molecule has 0 aliphatic heterocycles. The zero-order chi connectivity index (χ0) is 15.6. The SMILES string of the molecule is Cc1nc(C(C)(C)C)oc1CC(=O)N(C)c1ccccc1. The highest BCUT2D eigenvalue weighted by Crippen LogP contribution is 2.24. The highest BCUT2D eigenvalue weighted by atomic mass is 16.4. The number of aromatic nitrogens is 1. The van der Waals surface area contributed by atoms with E-state index in [-0.39, 0.29) is 17.7 Å². The summed E-state index contributed by atoms with van der Waals surface area (Å²) in [5, 5.41) is 0. The van der Waals surface area contributed by atoms with E-state index in [1.54, 1.807) is 11.9 Å². The molecule has 0 aliphatic carbocycles. The van der Waals surface area contributed by atoms with E-state index in [4.69, 9.17) is 4.42 Å². The number of benzene rings is 1. The first-order valence-electron chi connectivity index (χ1n) is 7.07. The maximum atomic E-state index is 12.4. The van der Waals surface area contributed by atoms with E-state index in [9.17, 15) is 4.79 Å². The zero-order valence-electron chi connectivity index (χ0n) is 13.3. The van der Waals surface area contributed by atoms with Gasteiger partial charge in [-0.3, -0.25) is 4.79 Å². The molecule has 0 spiro atoms. The maximum absolute atomic E-state index is 12.4. The largest absolute Gasteiger partial charge is 0.444 e. The zero-order valence-corrected chi connectivity index (χ0v) is 13.3. The van der Waals surface area contributed by atoms with E-state index in [0.717, 1.165) is 11.4 Å². The van der Waals surface area contributed by atoms with Gasteiger partial charge in [0.05, 0.1) is 12.1 Å². The van der Waals surface area contributed by atoms with Gasteiger partial charge in [0.2, 0.25) is 5.91 Å². The second-order valence-corrected chi connectivity index (χ2v) is 6.24. The second-order valence-electron chi connectivity index (χ2n) is 6.24. The van der Waals surface area contributed by atoms with Gasteiger partial charge >= 0.3 is 0 Å². The van der Waals surface area contributed by atoms with Crippen LogP contribution >= 0.6 is 0 Å². The summed E-state index contributed by atoms with van der Waals surface area (Å²) < 4.78 is 5.78. The van der Waals surface area contributed by atoms with Gasteiger partial charge in [-0.2, -0.15) is 0 Å². The fourth-order valence-corrected chi connectivity index (χ4v) is 1.96. The van der Waals surface area contributed by atoms with Crippen LogP contribution in [0.2, 0.25) is 0 Å². The van der Waals surface area contributed by atoms with Crippen molar-refractivity contribution >= 4 is 11.6 Å². The van der Waals surface area contributed by atoms with Crippen LogP contribution in [0.1, 0.15) is 38.1 Å². The van der Waals surface area contributed by atoms with Crippen molar-refractivity contribution < 1.29 is 9.21 Å². The first-order valence-corrected chi connectivity index (χ1v) is 7.07. The molecule has 21 heavy (non-hydrogen) atoms. The van der Waals surface area contributed by atoms with Crippen LogP contribution in [-0.2, 0) is 16.6 Å². The second kappa shape index (κ2) is 5.72. The molecular formula is C17H22N2O2. The molecule has 0 saturated carbocycles. The summed E-state index contributed by atoms with van der Waals surface area (Å²) >= 11 is 0. The third kappa shape index (κ3) is 3.51. The van der Waals surface area contributed by atoms with E-state index >= 15 is 0 Å². The average Bonchev–Trinajstić information content (AvgIpc) is 2.80. The van der Waals surface area contributed by atoms with Crippen molar-refractivity contribution in [3.63, 3.8) is 0 Å². The summed E-state index contributed by atoms with van der Waals surface area (Å²) in [5.74, 6) is 1.30. The molecule has 2 aromatic rings. The molecule has 0 fully saturated rings. The Kier molecular flexibility index (Phi) is 4.16. The fourth-order valence-electron chi connectivity index (χ4n) is 1.96. The quantitative estimate of drug-likeness (QED) is 0.867. The number of oxazole rings is 1. The van der Waals surface area contributed by atoms with Crippen LogP contribution in [0.4, 0.5) is 5.69 Å². The Morgan fingerprint density at radius 1 is 1.24 bits per heavy atom. The molecule has 112 valence electrons. The Labute approximate surface area is 125 Å². The highest BCUT2D eigenvalue weighted by molar-refractivity contribution is 5.93. The molecule has 0 saturated heterocycles. The number of anilines is 1. The van der Waals surface area contributed by atoms with Gasteiger partial charge in [0.1, 0.15) is 5.76 Å². The minimum atomic E-state index is -0.155. The first kappa shape index (κ1) is 15.3. The molecule has 0 bridgehead atoms. The summed E-state index contributed by atoms with van der Waals surface area (Å²) in [4.78, 5) is 18.4. The van der Waals surface area contributed by atoms with Gasteiger partial charge < -0.3 is 9.32 Å². The summed E-state index contributed by atoms with van der Waals surface area (Å²) in [6.07, 6.45) is 0.223. The highest BCUT2D eigenvalue weighted by Gasteiger charge is 2.24. The Balaban J connectivity index is 2.15. The van der Waals surface area contributed by atoms with Crippen molar-refractivity contribution in [3.8, 4) is 0 Å². The molecule has 1 heterocycles. The number of likely N-dealkylation sites (N-methyl/N-ethyl adjacent to an activating group) is 1. The van der Waals surface area contributed by atoms with E-state index < -0.39 is 0 Å². The number of hydrogen-bond acceptors (Lipinski definition) is 3. The lowest BCUT2D eigenvalue weighted by molar-refractivity contribution is -0.117. The standard InChI is InChI=1S/C17H22N2O2/c1-12-14(21-16(18-12)17(2,3)4)11-15(20)19(5)13-9-7-6-8-10-13/h6-10H,11H2,1-5H3. The monoisotopic (exact) mass is 286 g/mol. The van der Waals surface area contributed by atoms with Gasteiger partial charge in [-0.05, 0) is 19.1 Å². The molecule has 0 atom stereocenters. The van der Waals surface area contributed by atoms with Crippen molar-refractivity contribution in [1.82, 2.24) is 4.98 Å². The number of hydrogen-bond donors (Lipinski definition) is 0. The predicted octanol–water partition coefficient (Wildman–Crippen LogP) is 3.49. The van der Waals surface area contributed by atoms with Crippen LogP contribution in [0, 0.1) is 6.92 Å². The number of carbonyl (C=O) groups excluding carboxylic acids is 1. The molecule has 1 aromatic heterocycles. The van der Waals surface area contributed by atoms with Crippen molar-refractivity contribution in [3.05, 3.63) is 47.7 Å². The Hall–Kier alpha value is -2.10. The molecule has 0 unspecified atom stereocenters. The average molecular weight is 286 g/mol. The Bertz CT molecular complexity index is 624. The number of para-hydroxylation sites is 1. The summed E-state index contributed by atoms with van der Waals surface area (Å²) in [6, 6.07) is 9.57. The van der Waals surface area contributed by atoms with Crippen molar-refractivity contribution in [1.29, 1.82) is 0 Å². The molecule has 1 amide bonds. The minimum absolute atomic E-state index is 0.0130. The number of carbonyl (C=O) groups is 1. The summed E-state index contributed by atoms with van der Waals surface area (Å²) in [5.41, 5.74) is 1.50. The van der Waals surface area contributed by atoms with Crippen LogP contribution < -0.4 is 4.90 Å². The van der Waals surface area contributed by atoms with Crippen LogP contribution in [0.3, 0.4) is 0 Å². The van der Waals surface area contributed by atoms with Gasteiger partial charge in [0, 0.05) is 18.2 Å². The van der Waals surface area contributed by atoms with E-state index in [1.165, 1.54) is 0 Å². The van der Waals surface area contributed by atoms with Gasteiger partial charge in [-0.1, -0.05) is 39.0 Å². The first-order chi connectivity index (χ1) is 9.79. The number of amides is 1. The summed E-state index contributed by atoms with van der Waals surface area (Å²) in [6.45, 7) is 8.00. The molecular weight excluding hydrogens is 264 g/mol.